The maximum absolute atomic E-state index is 13.8. The second kappa shape index (κ2) is 10.5. The number of hydrogen-bond acceptors (Lipinski definition) is 6. The van der Waals surface area contributed by atoms with E-state index in [4.69, 9.17) is 19.9 Å². The van der Waals surface area contributed by atoms with Crippen molar-refractivity contribution in [3.8, 4) is 56.2 Å². The van der Waals surface area contributed by atoms with Gasteiger partial charge in [0, 0.05) is 33.4 Å². The first-order valence-corrected chi connectivity index (χ1v) is 16.7. The van der Waals surface area contributed by atoms with Crippen LogP contribution in [0.3, 0.4) is 0 Å². The van der Waals surface area contributed by atoms with E-state index in [9.17, 15) is 8.42 Å². The van der Waals surface area contributed by atoms with Gasteiger partial charge in [-0.2, -0.15) is 0 Å². The van der Waals surface area contributed by atoms with E-state index in [-0.39, 0.29) is 9.79 Å². The molecule has 0 unspecified atom stereocenters. The van der Waals surface area contributed by atoms with Crippen LogP contribution in [0, 0.1) is 0 Å². The summed E-state index contributed by atoms with van der Waals surface area (Å²) in [6.07, 6.45) is 0. The lowest BCUT2D eigenvalue weighted by atomic mass is 9.96. The molecule has 9 rings (SSSR count). The molecule has 1 aliphatic rings. The largest absolute Gasteiger partial charge is 0.244 e. The number of fused-ring (bicyclic) bond motifs is 5. The van der Waals surface area contributed by atoms with Crippen LogP contribution in [0.1, 0.15) is 0 Å². The maximum atomic E-state index is 13.8. The molecule has 0 amide bonds. The van der Waals surface area contributed by atoms with Crippen LogP contribution in [0.15, 0.2) is 155 Å². The van der Waals surface area contributed by atoms with E-state index in [1.807, 2.05) is 133 Å². The zero-order valence-electron chi connectivity index (χ0n) is 24.9. The Balaban J connectivity index is 1.26. The number of nitrogens with zero attached hydrogens (tertiary/aromatic N) is 4. The highest BCUT2D eigenvalue weighted by Crippen LogP contribution is 2.47. The van der Waals surface area contributed by atoms with E-state index in [0.29, 0.717) is 22.5 Å². The highest BCUT2D eigenvalue weighted by atomic mass is 32.2. The van der Waals surface area contributed by atoms with Crippen LogP contribution in [-0.4, -0.2) is 28.4 Å². The van der Waals surface area contributed by atoms with Gasteiger partial charge in [0.25, 0.3) is 0 Å². The van der Waals surface area contributed by atoms with Gasteiger partial charge in [0.2, 0.25) is 9.84 Å². The minimum Gasteiger partial charge on any atom is -0.244 e. The Morgan fingerprint density at radius 3 is 1.02 bits per heavy atom. The van der Waals surface area contributed by atoms with Crippen molar-refractivity contribution in [1.29, 1.82) is 0 Å². The summed E-state index contributed by atoms with van der Waals surface area (Å²) >= 11 is 0. The van der Waals surface area contributed by atoms with Crippen molar-refractivity contribution in [3.63, 3.8) is 0 Å². The number of rotatable bonds is 4. The van der Waals surface area contributed by atoms with E-state index in [0.717, 1.165) is 55.7 Å². The first kappa shape index (κ1) is 27.3. The molecule has 6 aromatic carbocycles. The molecule has 0 N–H and O–H groups in total. The van der Waals surface area contributed by atoms with Crippen molar-refractivity contribution < 1.29 is 8.42 Å². The fraction of sp³-hybridized carbons (Fsp3) is 0. The van der Waals surface area contributed by atoms with Crippen LogP contribution in [-0.2, 0) is 9.84 Å². The Labute approximate surface area is 271 Å². The molecule has 0 aliphatic carbocycles. The van der Waals surface area contributed by atoms with Crippen molar-refractivity contribution in [2.24, 2.45) is 0 Å². The van der Waals surface area contributed by atoms with E-state index < -0.39 is 9.84 Å². The SMILES string of the molecule is O=S1(=O)c2ccc(-c3nc4ccccc4nc3-c3ccccc3)cc2-c2cc(-c3nc4ccccc4nc3-c3ccccc3)ccc21. The average molecular weight is 625 g/mol. The Kier molecular flexibility index (Phi) is 6.10. The Bertz CT molecular complexity index is 2460. The highest BCUT2D eigenvalue weighted by Gasteiger charge is 2.34. The Morgan fingerprint density at radius 1 is 0.340 bits per heavy atom. The first-order valence-electron chi connectivity index (χ1n) is 15.2. The van der Waals surface area contributed by atoms with Crippen molar-refractivity contribution >= 4 is 31.9 Å². The summed E-state index contributed by atoms with van der Waals surface area (Å²) in [5.41, 5.74) is 10.6. The molecule has 0 fully saturated rings. The Hall–Kier alpha value is -6.05. The first-order chi connectivity index (χ1) is 23.0. The molecule has 0 spiro atoms. The van der Waals surface area contributed by atoms with Gasteiger partial charge in [-0.15, -0.1) is 0 Å². The van der Waals surface area contributed by atoms with Crippen molar-refractivity contribution in [2.45, 2.75) is 9.79 Å². The molecule has 6 nitrogen and oxygen atoms in total. The lowest BCUT2D eigenvalue weighted by molar-refractivity contribution is 0.598. The third-order valence-electron chi connectivity index (χ3n) is 8.61. The van der Waals surface area contributed by atoms with Crippen LogP contribution in [0.5, 0.6) is 0 Å². The lowest BCUT2D eigenvalue weighted by Gasteiger charge is -2.13. The van der Waals surface area contributed by atoms with Gasteiger partial charge in [0.15, 0.2) is 0 Å². The molecule has 1 aliphatic heterocycles. The van der Waals surface area contributed by atoms with E-state index in [1.165, 1.54) is 0 Å². The van der Waals surface area contributed by atoms with E-state index in [1.54, 1.807) is 12.1 Å². The van der Waals surface area contributed by atoms with Gasteiger partial charge in [0.1, 0.15) is 0 Å². The number of aromatic nitrogens is 4. The second-order valence-electron chi connectivity index (χ2n) is 11.5. The average Bonchev–Trinajstić information content (AvgIpc) is 3.36. The number of para-hydroxylation sites is 4. The van der Waals surface area contributed by atoms with Gasteiger partial charge in [-0.1, -0.05) is 97.1 Å². The summed E-state index contributed by atoms with van der Waals surface area (Å²) in [4.78, 5) is 20.7. The fourth-order valence-corrected chi connectivity index (χ4v) is 8.01. The molecule has 0 bridgehead atoms. The molecule has 7 heteroatoms. The van der Waals surface area contributed by atoms with Gasteiger partial charge in [-0.25, -0.2) is 28.4 Å². The summed E-state index contributed by atoms with van der Waals surface area (Å²) in [5, 5.41) is 0. The molecular weight excluding hydrogens is 601 g/mol. The monoisotopic (exact) mass is 624 g/mol. The summed E-state index contributed by atoms with van der Waals surface area (Å²) in [6, 6.07) is 46.3. The molecule has 0 saturated carbocycles. The quantitative estimate of drug-likeness (QED) is 0.194. The molecule has 2 aromatic heterocycles. The zero-order valence-corrected chi connectivity index (χ0v) is 25.7. The summed E-state index contributed by atoms with van der Waals surface area (Å²) in [6.45, 7) is 0. The third-order valence-corrected chi connectivity index (χ3v) is 10.5. The van der Waals surface area contributed by atoms with E-state index >= 15 is 0 Å². The van der Waals surface area contributed by atoms with Crippen LogP contribution < -0.4 is 0 Å². The normalized spacial score (nSPS) is 13.0. The molecule has 47 heavy (non-hydrogen) atoms. The van der Waals surface area contributed by atoms with Crippen molar-refractivity contribution in [2.75, 3.05) is 0 Å². The van der Waals surface area contributed by atoms with Gasteiger partial charge >= 0.3 is 0 Å². The van der Waals surface area contributed by atoms with Gasteiger partial charge in [-0.05, 0) is 48.5 Å². The smallest absolute Gasteiger partial charge is 0.207 e. The Morgan fingerprint density at radius 2 is 0.660 bits per heavy atom. The van der Waals surface area contributed by atoms with Crippen LogP contribution >= 0.6 is 0 Å². The minimum absolute atomic E-state index is 0.274. The van der Waals surface area contributed by atoms with Gasteiger partial charge in [-0.3, -0.25) is 0 Å². The minimum atomic E-state index is -3.73. The summed E-state index contributed by atoms with van der Waals surface area (Å²) in [7, 11) is -3.73. The number of sulfone groups is 1. The molecule has 0 radical (unpaired) electrons. The van der Waals surface area contributed by atoms with Crippen molar-refractivity contribution in [3.05, 3.63) is 146 Å². The predicted octanol–water partition coefficient (Wildman–Crippen LogP) is 9.05. The second-order valence-corrected chi connectivity index (χ2v) is 13.4. The molecule has 8 aromatic rings. The lowest BCUT2D eigenvalue weighted by Crippen LogP contribution is -1.98. The molecule has 222 valence electrons. The summed E-state index contributed by atoms with van der Waals surface area (Å²) < 4.78 is 27.7. The van der Waals surface area contributed by atoms with Gasteiger partial charge in [0.05, 0.1) is 54.6 Å². The molecule has 0 saturated heterocycles. The molecule has 0 atom stereocenters. The highest BCUT2D eigenvalue weighted by molar-refractivity contribution is 7.92. The fourth-order valence-electron chi connectivity index (χ4n) is 6.36. The van der Waals surface area contributed by atoms with Crippen molar-refractivity contribution in [1.82, 2.24) is 19.9 Å². The number of hydrogen-bond donors (Lipinski definition) is 0. The molecular formula is C40H24N4O2S. The number of benzene rings is 6. The molecule has 3 heterocycles. The van der Waals surface area contributed by atoms with Crippen LogP contribution in [0.2, 0.25) is 0 Å². The zero-order chi connectivity index (χ0) is 31.5. The summed E-state index contributed by atoms with van der Waals surface area (Å²) in [5.74, 6) is 0. The third kappa shape index (κ3) is 4.43. The standard InChI is InChI=1S/C40H24N4O2S/c45-47(46)35-21-19-27(39-37(25-11-3-1-4-12-25)41-31-15-7-9-17-33(31)43-39)23-29(35)30-24-28(20-22-36(30)47)40-38(26-13-5-2-6-14-26)42-32-16-8-10-18-34(32)44-40/h1-24H. The topological polar surface area (TPSA) is 85.7 Å². The predicted molar refractivity (Wildman–Crippen MR) is 185 cm³/mol. The van der Waals surface area contributed by atoms with Gasteiger partial charge < -0.3 is 0 Å². The van der Waals surface area contributed by atoms with Crippen LogP contribution in [0.25, 0.3) is 78.2 Å². The van der Waals surface area contributed by atoms with E-state index in [2.05, 4.69) is 0 Å². The maximum Gasteiger partial charge on any atom is 0.207 e. The van der Waals surface area contributed by atoms with Crippen LogP contribution in [0.4, 0.5) is 0 Å².